The second kappa shape index (κ2) is 7.47. The minimum Gasteiger partial charge on any atom is -0.369 e. The van der Waals surface area contributed by atoms with Gasteiger partial charge in [0.1, 0.15) is 0 Å². The van der Waals surface area contributed by atoms with E-state index in [1.165, 1.54) is 0 Å². The highest BCUT2D eigenvalue weighted by Gasteiger charge is 2.38. The maximum atomic E-state index is 12.8. The van der Waals surface area contributed by atoms with Gasteiger partial charge in [0.05, 0.1) is 17.8 Å². The van der Waals surface area contributed by atoms with Crippen molar-refractivity contribution in [2.75, 3.05) is 24.5 Å². The predicted molar refractivity (Wildman–Crippen MR) is 96.0 cm³/mol. The van der Waals surface area contributed by atoms with Crippen molar-refractivity contribution in [3.8, 4) is 0 Å². The van der Waals surface area contributed by atoms with Gasteiger partial charge in [0, 0.05) is 44.7 Å². The van der Waals surface area contributed by atoms with Gasteiger partial charge in [-0.2, -0.15) is 5.10 Å². The first-order chi connectivity index (χ1) is 12.3. The number of anilines is 1. The Morgan fingerprint density at radius 2 is 1.96 bits per heavy atom. The van der Waals surface area contributed by atoms with E-state index in [2.05, 4.69) is 18.9 Å². The van der Waals surface area contributed by atoms with Gasteiger partial charge in [0.25, 0.3) is 0 Å². The number of nitrogens with two attached hydrogens (primary N) is 1. The third-order valence-corrected chi connectivity index (χ3v) is 5.17. The van der Waals surface area contributed by atoms with Crippen molar-refractivity contribution in [3.05, 3.63) is 12.4 Å². The number of likely N-dealkylation sites (tertiary alicyclic amines) is 1. The lowest BCUT2D eigenvalue weighted by Gasteiger charge is -2.32. The van der Waals surface area contributed by atoms with Crippen LogP contribution in [0.5, 0.6) is 0 Å². The number of hydrogen-bond acceptors (Lipinski definition) is 4. The summed E-state index contributed by atoms with van der Waals surface area (Å²) in [5.74, 6) is -0.348. The smallest absolute Gasteiger partial charge is 0.228 e. The summed E-state index contributed by atoms with van der Waals surface area (Å²) >= 11 is 0. The molecule has 0 radical (unpaired) electrons. The SMILES string of the molecule is CC(C)Cn1cc(N2C[C@@H](C(=O)N3CCC(C(N)=O)CC3)CC2=O)cn1. The van der Waals surface area contributed by atoms with Gasteiger partial charge < -0.3 is 15.5 Å². The average Bonchev–Trinajstić information content (AvgIpc) is 3.20. The summed E-state index contributed by atoms with van der Waals surface area (Å²) in [6.07, 6.45) is 4.99. The molecule has 3 heterocycles. The van der Waals surface area contributed by atoms with Crippen LogP contribution in [0.2, 0.25) is 0 Å². The van der Waals surface area contributed by atoms with E-state index in [9.17, 15) is 14.4 Å². The third kappa shape index (κ3) is 3.89. The molecule has 0 bridgehead atoms. The maximum Gasteiger partial charge on any atom is 0.228 e. The van der Waals surface area contributed by atoms with Crippen LogP contribution in [0.3, 0.4) is 0 Å². The number of hydrogen-bond donors (Lipinski definition) is 1. The van der Waals surface area contributed by atoms with E-state index < -0.39 is 0 Å². The van der Waals surface area contributed by atoms with Crippen LogP contribution in [-0.4, -0.2) is 52.0 Å². The van der Waals surface area contributed by atoms with Crippen LogP contribution in [0.4, 0.5) is 5.69 Å². The summed E-state index contributed by atoms with van der Waals surface area (Å²) < 4.78 is 1.83. The number of carbonyl (C=O) groups is 3. The Morgan fingerprint density at radius 1 is 1.27 bits per heavy atom. The Labute approximate surface area is 153 Å². The van der Waals surface area contributed by atoms with Crippen molar-refractivity contribution in [2.45, 2.75) is 39.7 Å². The van der Waals surface area contributed by atoms with Gasteiger partial charge in [-0.3, -0.25) is 19.1 Å². The lowest BCUT2D eigenvalue weighted by molar-refractivity contribution is -0.138. The summed E-state index contributed by atoms with van der Waals surface area (Å²) in [7, 11) is 0. The Hall–Kier alpha value is -2.38. The average molecular weight is 361 g/mol. The topological polar surface area (TPSA) is 102 Å². The molecule has 0 unspecified atom stereocenters. The first kappa shape index (κ1) is 18.4. The zero-order chi connectivity index (χ0) is 18.8. The Balaban J connectivity index is 1.60. The van der Waals surface area contributed by atoms with Gasteiger partial charge in [0.15, 0.2) is 0 Å². The zero-order valence-electron chi connectivity index (χ0n) is 15.4. The molecular formula is C18H27N5O3. The fourth-order valence-corrected chi connectivity index (χ4v) is 3.73. The number of nitrogens with zero attached hydrogens (tertiary/aromatic N) is 4. The van der Waals surface area contributed by atoms with E-state index in [0.29, 0.717) is 38.4 Å². The molecule has 2 fully saturated rings. The third-order valence-electron chi connectivity index (χ3n) is 5.17. The number of piperidine rings is 1. The van der Waals surface area contributed by atoms with Crippen LogP contribution in [0, 0.1) is 17.8 Å². The lowest BCUT2D eigenvalue weighted by Crippen LogP contribution is -2.44. The number of carbonyl (C=O) groups excluding carboxylic acids is 3. The van der Waals surface area contributed by atoms with E-state index in [1.54, 1.807) is 16.0 Å². The van der Waals surface area contributed by atoms with E-state index in [1.807, 2.05) is 10.9 Å². The molecule has 2 aliphatic rings. The van der Waals surface area contributed by atoms with Crippen molar-refractivity contribution in [1.82, 2.24) is 14.7 Å². The van der Waals surface area contributed by atoms with Gasteiger partial charge in [-0.15, -0.1) is 0 Å². The summed E-state index contributed by atoms with van der Waals surface area (Å²) in [5.41, 5.74) is 6.09. The van der Waals surface area contributed by atoms with Crippen molar-refractivity contribution in [3.63, 3.8) is 0 Å². The van der Waals surface area contributed by atoms with Gasteiger partial charge in [0.2, 0.25) is 17.7 Å². The summed E-state index contributed by atoms with van der Waals surface area (Å²) in [4.78, 5) is 39.8. The Kier molecular flexibility index (Phi) is 5.29. The van der Waals surface area contributed by atoms with E-state index in [0.717, 1.165) is 12.2 Å². The summed E-state index contributed by atoms with van der Waals surface area (Å²) in [5, 5.41) is 4.30. The summed E-state index contributed by atoms with van der Waals surface area (Å²) in [6, 6.07) is 0. The van der Waals surface area contributed by atoms with Gasteiger partial charge in [-0.1, -0.05) is 13.8 Å². The number of amides is 3. The molecule has 3 amide bonds. The summed E-state index contributed by atoms with van der Waals surface area (Å²) in [6.45, 7) is 6.46. The monoisotopic (exact) mass is 361 g/mol. The van der Waals surface area contributed by atoms with E-state index >= 15 is 0 Å². The molecular weight excluding hydrogens is 334 g/mol. The molecule has 142 valence electrons. The first-order valence-electron chi connectivity index (χ1n) is 9.26. The van der Waals surface area contributed by atoms with Crippen molar-refractivity contribution < 1.29 is 14.4 Å². The molecule has 0 saturated carbocycles. The normalized spacial score (nSPS) is 21.7. The molecule has 2 N–H and O–H groups in total. The predicted octanol–water partition coefficient (Wildman–Crippen LogP) is 0.616. The van der Waals surface area contributed by atoms with Gasteiger partial charge in [-0.05, 0) is 18.8 Å². The highest BCUT2D eigenvalue weighted by atomic mass is 16.2. The highest BCUT2D eigenvalue weighted by Crippen LogP contribution is 2.27. The van der Waals surface area contributed by atoms with Gasteiger partial charge >= 0.3 is 0 Å². The molecule has 0 spiro atoms. The second-order valence-electron chi connectivity index (χ2n) is 7.72. The number of aromatic nitrogens is 2. The molecule has 0 aromatic carbocycles. The lowest BCUT2D eigenvalue weighted by atomic mass is 9.95. The molecule has 8 heteroatoms. The van der Waals surface area contributed by atoms with Crippen LogP contribution in [-0.2, 0) is 20.9 Å². The van der Waals surface area contributed by atoms with Crippen LogP contribution >= 0.6 is 0 Å². The minimum atomic E-state index is -0.332. The quantitative estimate of drug-likeness (QED) is 0.830. The standard InChI is InChI=1S/C18H27N5O3/c1-12(2)9-22-11-15(8-20-22)23-10-14(7-16(23)24)18(26)21-5-3-13(4-6-21)17(19)25/h8,11-14H,3-7,9-10H2,1-2H3,(H2,19,25)/t14-/m0/s1. The first-order valence-corrected chi connectivity index (χ1v) is 9.26. The van der Waals surface area contributed by atoms with Crippen molar-refractivity contribution >= 4 is 23.4 Å². The van der Waals surface area contributed by atoms with Crippen LogP contribution in [0.1, 0.15) is 33.1 Å². The molecule has 2 saturated heterocycles. The fraction of sp³-hybridized carbons (Fsp3) is 0.667. The molecule has 1 aromatic rings. The molecule has 0 aliphatic carbocycles. The van der Waals surface area contributed by atoms with E-state index in [4.69, 9.17) is 5.73 Å². The van der Waals surface area contributed by atoms with E-state index in [-0.39, 0.29) is 36.0 Å². The Bertz CT molecular complexity index is 691. The van der Waals surface area contributed by atoms with Crippen molar-refractivity contribution in [2.24, 2.45) is 23.5 Å². The maximum absolute atomic E-state index is 12.8. The van der Waals surface area contributed by atoms with Crippen LogP contribution in [0.15, 0.2) is 12.4 Å². The zero-order valence-corrected chi connectivity index (χ0v) is 15.4. The molecule has 26 heavy (non-hydrogen) atoms. The van der Waals surface area contributed by atoms with Crippen LogP contribution in [0.25, 0.3) is 0 Å². The highest BCUT2D eigenvalue weighted by molar-refractivity contribution is 6.00. The molecule has 1 aromatic heterocycles. The molecule has 2 aliphatic heterocycles. The van der Waals surface area contributed by atoms with Crippen LogP contribution < -0.4 is 10.6 Å². The molecule has 8 nitrogen and oxygen atoms in total. The molecule has 1 atom stereocenters. The van der Waals surface area contributed by atoms with Crippen molar-refractivity contribution in [1.29, 1.82) is 0 Å². The fourth-order valence-electron chi connectivity index (χ4n) is 3.73. The Morgan fingerprint density at radius 3 is 2.58 bits per heavy atom. The molecule has 3 rings (SSSR count). The number of rotatable bonds is 5. The van der Waals surface area contributed by atoms with Gasteiger partial charge in [-0.25, -0.2) is 0 Å². The number of primary amides is 1. The largest absolute Gasteiger partial charge is 0.369 e. The second-order valence-corrected chi connectivity index (χ2v) is 7.72. The minimum absolute atomic E-state index is 0.00153.